The summed E-state index contributed by atoms with van der Waals surface area (Å²) >= 11 is 0. The van der Waals surface area contributed by atoms with Crippen LogP contribution in [-0.2, 0) is 6.54 Å². The lowest BCUT2D eigenvalue weighted by molar-refractivity contribution is 0.0821. The molecule has 3 rings (SSSR count). The van der Waals surface area contributed by atoms with E-state index in [4.69, 9.17) is 4.74 Å². The number of para-hydroxylation sites is 1. The molecule has 7 heteroatoms. The second-order valence-corrected chi connectivity index (χ2v) is 4.92. The number of aldehydes is 1. The number of hydrogen-bond acceptors (Lipinski definition) is 4. The van der Waals surface area contributed by atoms with Crippen LogP contribution in [0.1, 0.15) is 26.4 Å². The lowest BCUT2D eigenvalue weighted by Gasteiger charge is -2.13. The maximum atomic E-state index is 12.4. The maximum absolute atomic E-state index is 12.4. The Balaban J connectivity index is 2.12. The molecule has 1 aliphatic heterocycles. The van der Waals surface area contributed by atoms with Crippen LogP contribution in [0.5, 0.6) is 5.75 Å². The molecule has 0 radical (unpaired) electrons. The van der Waals surface area contributed by atoms with Crippen molar-refractivity contribution in [3.63, 3.8) is 0 Å². The fraction of sp³-hybridized carbons (Fsp3) is 0.188. The van der Waals surface area contributed by atoms with E-state index in [1.54, 1.807) is 24.3 Å². The number of benzene rings is 1. The molecule has 0 atom stereocenters. The van der Waals surface area contributed by atoms with E-state index in [2.05, 4.69) is 10.3 Å². The fourth-order valence-electron chi connectivity index (χ4n) is 2.46. The number of ether oxygens (including phenoxy) is 1. The van der Waals surface area contributed by atoms with Crippen LogP contribution in [0.3, 0.4) is 0 Å². The first-order valence-corrected chi connectivity index (χ1v) is 6.88. The summed E-state index contributed by atoms with van der Waals surface area (Å²) in [4.78, 5) is 27.1. The Kier molecular flexibility index (Phi) is 4.01. The van der Waals surface area contributed by atoms with Crippen molar-refractivity contribution >= 4 is 12.2 Å². The van der Waals surface area contributed by atoms with Gasteiger partial charge in [-0.2, -0.15) is 0 Å². The van der Waals surface area contributed by atoms with Crippen molar-refractivity contribution in [1.82, 2.24) is 10.3 Å². The summed E-state index contributed by atoms with van der Waals surface area (Å²) in [5.74, 6) is -0.0670. The van der Waals surface area contributed by atoms with Gasteiger partial charge in [0, 0.05) is 23.2 Å². The summed E-state index contributed by atoms with van der Waals surface area (Å²) in [6, 6.07) is 7.97. The van der Waals surface area contributed by atoms with Gasteiger partial charge in [-0.3, -0.25) is 9.59 Å². The Morgan fingerprint density at radius 3 is 2.83 bits per heavy atom. The number of pyridine rings is 1. The van der Waals surface area contributed by atoms with E-state index in [9.17, 15) is 18.4 Å². The van der Waals surface area contributed by atoms with Crippen molar-refractivity contribution in [2.24, 2.45) is 0 Å². The standard InChI is InChI=1S/C16H12F2N2O3/c17-14(18)8-23-13-4-2-1-3-10(13)15-12-6-19-16(22)11(12)5-9(7-21)20-15/h1-5,7,14H,6,8H2,(H,19,22). The highest BCUT2D eigenvalue weighted by Crippen LogP contribution is 2.34. The molecule has 0 saturated carbocycles. The summed E-state index contributed by atoms with van der Waals surface area (Å²) in [7, 11) is 0. The summed E-state index contributed by atoms with van der Waals surface area (Å²) in [6.45, 7) is -0.484. The first-order chi connectivity index (χ1) is 11.1. The zero-order valence-electron chi connectivity index (χ0n) is 11.9. The van der Waals surface area contributed by atoms with Crippen LogP contribution in [-0.4, -0.2) is 30.2 Å². The van der Waals surface area contributed by atoms with Crippen molar-refractivity contribution in [3.05, 3.63) is 47.2 Å². The average molecular weight is 318 g/mol. The molecule has 2 heterocycles. The van der Waals surface area contributed by atoms with Crippen molar-refractivity contribution < 1.29 is 23.1 Å². The molecule has 23 heavy (non-hydrogen) atoms. The number of rotatable bonds is 5. The van der Waals surface area contributed by atoms with Crippen LogP contribution >= 0.6 is 0 Å². The van der Waals surface area contributed by atoms with Gasteiger partial charge in [0.25, 0.3) is 12.3 Å². The van der Waals surface area contributed by atoms with E-state index in [0.29, 0.717) is 28.7 Å². The van der Waals surface area contributed by atoms with Crippen molar-refractivity contribution in [2.75, 3.05) is 6.61 Å². The van der Waals surface area contributed by atoms with E-state index >= 15 is 0 Å². The Labute approximate surface area is 130 Å². The zero-order valence-corrected chi connectivity index (χ0v) is 11.9. The number of halogens is 2. The minimum absolute atomic E-state index is 0.0967. The van der Waals surface area contributed by atoms with Gasteiger partial charge in [0.05, 0.1) is 5.69 Å². The molecule has 0 spiro atoms. The normalized spacial score (nSPS) is 12.9. The third-order valence-corrected chi connectivity index (χ3v) is 3.44. The molecule has 5 nitrogen and oxygen atoms in total. The second kappa shape index (κ2) is 6.12. The lowest BCUT2D eigenvalue weighted by atomic mass is 10.0. The number of fused-ring (bicyclic) bond motifs is 1. The highest BCUT2D eigenvalue weighted by molar-refractivity contribution is 6.01. The molecule has 1 N–H and O–H groups in total. The summed E-state index contributed by atoms with van der Waals surface area (Å²) in [5, 5.41) is 2.66. The quantitative estimate of drug-likeness (QED) is 0.860. The topological polar surface area (TPSA) is 68.3 Å². The molecule has 2 aromatic rings. The summed E-state index contributed by atoms with van der Waals surface area (Å²) in [5.41, 5.74) is 1.92. The van der Waals surface area contributed by atoms with Crippen LogP contribution in [0.25, 0.3) is 11.3 Å². The first kappa shape index (κ1) is 15.1. The third-order valence-electron chi connectivity index (χ3n) is 3.44. The minimum Gasteiger partial charge on any atom is -0.487 e. The van der Waals surface area contributed by atoms with Crippen LogP contribution in [0.2, 0.25) is 0 Å². The predicted octanol–water partition coefficient (Wildman–Crippen LogP) is 2.45. The number of aromatic nitrogens is 1. The second-order valence-electron chi connectivity index (χ2n) is 4.92. The van der Waals surface area contributed by atoms with Crippen molar-refractivity contribution in [2.45, 2.75) is 13.0 Å². The first-order valence-electron chi connectivity index (χ1n) is 6.88. The zero-order chi connectivity index (χ0) is 16.4. The number of hydrogen-bond donors (Lipinski definition) is 1. The van der Waals surface area contributed by atoms with E-state index < -0.39 is 13.0 Å². The SMILES string of the molecule is O=Cc1cc2c(c(-c3ccccc3OCC(F)F)n1)CNC2=O. The number of nitrogens with zero attached hydrogens (tertiary/aromatic N) is 1. The molecule has 1 amide bonds. The number of amides is 1. The molecule has 0 aliphatic carbocycles. The van der Waals surface area contributed by atoms with Crippen LogP contribution in [0.4, 0.5) is 8.78 Å². The minimum atomic E-state index is -2.61. The number of alkyl halides is 2. The van der Waals surface area contributed by atoms with E-state index in [-0.39, 0.29) is 23.9 Å². The molecule has 118 valence electrons. The largest absolute Gasteiger partial charge is 0.487 e. The molecule has 1 aromatic heterocycles. The van der Waals surface area contributed by atoms with Gasteiger partial charge in [-0.25, -0.2) is 13.8 Å². The van der Waals surface area contributed by atoms with E-state index in [1.807, 2.05) is 0 Å². The summed E-state index contributed by atoms with van der Waals surface area (Å²) in [6.07, 6.45) is -2.07. The number of nitrogens with one attached hydrogen (secondary N) is 1. The monoisotopic (exact) mass is 318 g/mol. The van der Waals surface area contributed by atoms with Crippen LogP contribution < -0.4 is 10.1 Å². The maximum Gasteiger partial charge on any atom is 0.272 e. The Morgan fingerprint density at radius 2 is 2.09 bits per heavy atom. The highest BCUT2D eigenvalue weighted by atomic mass is 19.3. The fourth-order valence-corrected chi connectivity index (χ4v) is 2.46. The molecule has 1 aliphatic rings. The van der Waals surface area contributed by atoms with Crippen LogP contribution in [0.15, 0.2) is 30.3 Å². The number of carbonyl (C=O) groups excluding carboxylic acids is 2. The van der Waals surface area contributed by atoms with Gasteiger partial charge in [0.15, 0.2) is 6.29 Å². The molecular weight excluding hydrogens is 306 g/mol. The molecular formula is C16H12F2N2O3. The Hall–Kier alpha value is -2.83. The van der Waals surface area contributed by atoms with Crippen molar-refractivity contribution in [1.29, 1.82) is 0 Å². The Morgan fingerprint density at radius 1 is 1.30 bits per heavy atom. The third kappa shape index (κ3) is 2.90. The van der Waals surface area contributed by atoms with Gasteiger partial charge in [-0.1, -0.05) is 12.1 Å². The molecule has 0 saturated heterocycles. The predicted molar refractivity (Wildman–Crippen MR) is 77.7 cm³/mol. The van der Waals surface area contributed by atoms with Gasteiger partial charge in [0.2, 0.25) is 0 Å². The van der Waals surface area contributed by atoms with Gasteiger partial charge >= 0.3 is 0 Å². The van der Waals surface area contributed by atoms with Gasteiger partial charge < -0.3 is 10.1 Å². The highest BCUT2D eigenvalue weighted by Gasteiger charge is 2.26. The van der Waals surface area contributed by atoms with Crippen molar-refractivity contribution in [3.8, 4) is 17.0 Å². The number of carbonyl (C=O) groups is 2. The molecule has 1 aromatic carbocycles. The van der Waals surface area contributed by atoms with Crippen LogP contribution in [0, 0.1) is 0 Å². The molecule has 0 unspecified atom stereocenters. The molecule has 0 fully saturated rings. The van der Waals surface area contributed by atoms with Gasteiger partial charge in [0.1, 0.15) is 18.1 Å². The smallest absolute Gasteiger partial charge is 0.272 e. The summed E-state index contributed by atoms with van der Waals surface area (Å²) < 4.78 is 29.9. The van der Waals surface area contributed by atoms with Gasteiger partial charge in [-0.15, -0.1) is 0 Å². The average Bonchev–Trinajstić information content (AvgIpc) is 2.93. The molecule has 0 bridgehead atoms. The Bertz CT molecular complexity index is 778. The van der Waals surface area contributed by atoms with E-state index in [0.717, 1.165) is 0 Å². The van der Waals surface area contributed by atoms with E-state index in [1.165, 1.54) is 6.07 Å². The van der Waals surface area contributed by atoms with Gasteiger partial charge in [-0.05, 0) is 18.2 Å². The lowest BCUT2D eigenvalue weighted by Crippen LogP contribution is -2.12.